The summed E-state index contributed by atoms with van der Waals surface area (Å²) in [5, 5.41) is 11.6. The summed E-state index contributed by atoms with van der Waals surface area (Å²) >= 11 is 1.35. The summed E-state index contributed by atoms with van der Waals surface area (Å²) in [7, 11) is 0. The fourth-order valence-electron chi connectivity index (χ4n) is 3.74. The van der Waals surface area contributed by atoms with Crippen LogP contribution < -0.4 is 11.1 Å². The zero-order valence-corrected chi connectivity index (χ0v) is 19.5. The van der Waals surface area contributed by atoms with E-state index in [1.54, 1.807) is 20.8 Å². The van der Waals surface area contributed by atoms with Gasteiger partial charge in [-0.05, 0) is 38.5 Å². The maximum atomic E-state index is 12.8. The highest BCUT2D eigenvalue weighted by Crippen LogP contribution is 2.51. The maximum absolute atomic E-state index is 12.8. The molecule has 0 bridgehead atoms. The van der Waals surface area contributed by atoms with Crippen LogP contribution in [-0.4, -0.2) is 69.0 Å². The third-order valence-corrected chi connectivity index (χ3v) is 6.87. The van der Waals surface area contributed by atoms with Crippen molar-refractivity contribution in [2.24, 2.45) is 5.73 Å². The predicted octanol–water partition coefficient (Wildman–Crippen LogP) is 1.00. The molecule has 2 fully saturated rings. The fraction of sp³-hybridized carbons (Fsp3) is 0.524. The Kier molecular flexibility index (Phi) is 7.08. The Labute approximate surface area is 194 Å². The molecule has 0 saturated carbocycles. The summed E-state index contributed by atoms with van der Waals surface area (Å²) in [6.45, 7) is 6.66. The number of benzene rings is 1. The molecule has 0 aliphatic carbocycles. The molecule has 12 heteroatoms. The number of β-lactam (4-membered cyclic amide) rings is 1. The summed E-state index contributed by atoms with van der Waals surface area (Å²) in [5.74, 6) is -1.68. The first-order chi connectivity index (χ1) is 15.5. The number of hydrogen-bond donors (Lipinski definition) is 3. The topological polar surface area (TPSA) is 157 Å². The van der Waals surface area contributed by atoms with E-state index in [0.717, 1.165) is 0 Å². The van der Waals surface area contributed by atoms with Crippen molar-refractivity contribution in [3.05, 3.63) is 29.8 Å². The molecular formula is C21H27N3O8S. The number of rotatable bonds is 7. The van der Waals surface area contributed by atoms with E-state index in [4.69, 9.17) is 15.2 Å². The Morgan fingerprint density at radius 1 is 1.24 bits per heavy atom. The number of carbonyl (C=O) groups excluding carboxylic acids is 4. The first-order valence-corrected chi connectivity index (χ1v) is 11.2. The number of hydrogen-bond acceptors (Lipinski definition) is 10. The Morgan fingerprint density at radius 3 is 2.48 bits per heavy atom. The molecule has 2 saturated heterocycles. The van der Waals surface area contributed by atoms with Gasteiger partial charge in [0, 0.05) is 11.7 Å². The van der Waals surface area contributed by atoms with E-state index < -0.39 is 58.5 Å². The number of phenolic OH excluding ortho intramolecular Hbond substituents is 1. The van der Waals surface area contributed by atoms with E-state index in [1.807, 2.05) is 0 Å². The summed E-state index contributed by atoms with van der Waals surface area (Å²) in [6, 6.07) is 3.05. The standard InChI is InChI=1S/C21H27N3O8S/c1-5-30-20(29)32-10(2)31-19(28)15-21(3,4)33-18-14(17(27)24(15)18)23-16(26)13(22)11-6-8-12(25)9-7-11/h6-10,13-15,18,25H,5,22H2,1-4H3,(H,23,26)/t10?,13?,14?,15-,18+/m0/s1. The molecule has 0 radical (unpaired) electrons. The SMILES string of the molecule is CCOC(=O)OC(C)OC(=O)[C@@H]1N2C(=O)C(NC(=O)C(N)c3ccc(O)cc3)[C@H]2SC1(C)C. The molecule has 180 valence electrons. The van der Waals surface area contributed by atoms with Crippen LogP contribution in [0.25, 0.3) is 0 Å². The largest absolute Gasteiger partial charge is 0.511 e. The minimum Gasteiger partial charge on any atom is -0.508 e. The predicted molar refractivity (Wildman–Crippen MR) is 117 cm³/mol. The number of thioether (sulfide) groups is 1. The van der Waals surface area contributed by atoms with Gasteiger partial charge in [0.05, 0.1) is 6.61 Å². The number of aromatic hydroxyl groups is 1. The lowest BCUT2D eigenvalue weighted by atomic mass is 9.95. The van der Waals surface area contributed by atoms with Gasteiger partial charge in [0.15, 0.2) is 0 Å². The van der Waals surface area contributed by atoms with E-state index >= 15 is 0 Å². The highest BCUT2D eigenvalue weighted by Gasteiger charge is 2.64. The van der Waals surface area contributed by atoms with Crippen molar-refractivity contribution in [3.63, 3.8) is 0 Å². The second kappa shape index (κ2) is 9.48. The highest BCUT2D eigenvalue weighted by molar-refractivity contribution is 8.01. The Bertz CT molecular complexity index is 938. The molecule has 0 aromatic heterocycles. The van der Waals surface area contributed by atoms with Gasteiger partial charge in [0.25, 0.3) is 0 Å². The number of esters is 1. The smallest absolute Gasteiger partial charge is 0.508 e. The number of nitrogens with two attached hydrogens (primary N) is 1. The lowest BCUT2D eigenvalue weighted by Gasteiger charge is -2.44. The van der Waals surface area contributed by atoms with E-state index in [1.165, 1.54) is 47.9 Å². The van der Waals surface area contributed by atoms with Crippen LogP contribution in [0.5, 0.6) is 5.75 Å². The van der Waals surface area contributed by atoms with Crippen LogP contribution >= 0.6 is 11.8 Å². The zero-order chi connectivity index (χ0) is 24.5. The summed E-state index contributed by atoms with van der Waals surface area (Å²) in [4.78, 5) is 51.0. The van der Waals surface area contributed by atoms with Gasteiger partial charge in [-0.15, -0.1) is 11.8 Å². The average Bonchev–Trinajstić information content (AvgIpc) is 2.99. The number of fused-ring (bicyclic) bond motifs is 1. The van der Waals surface area contributed by atoms with Crippen molar-refractivity contribution in [3.8, 4) is 5.75 Å². The van der Waals surface area contributed by atoms with Crippen LogP contribution in [-0.2, 0) is 28.6 Å². The van der Waals surface area contributed by atoms with Crippen LogP contribution in [0.2, 0.25) is 0 Å². The van der Waals surface area contributed by atoms with Crippen LogP contribution in [0.1, 0.15) is 39.3 Å². The first-order valence-electron chi connectivity index (χ1n) is 10.3. The number of ether oxygens (including phenoxy) is 3. The van der Waals surface area contributed by atoms with Crippen molar-refractivity contribution in [2.75, 3.05) is 6.61 Å². The molecule has 33 heavy (non-hydrogen) atoms. The minimum absolute atomic E-state index is 0.0423. The van der Waals surface area contributed by atoms with Crippen LogP contribution in [0, 0.1) is 0 Å². The second-order valence-electron chi connectivity index (χ2n) is 8.12. The number of amides is 2. The molecule has 1 aromatic rings. The maximum Gasteiger partial charge on any atom is 0.511 e. The molecule has 4 N–H and O–H groups in total. The summed E-state index contributed by atoms with van der Waals surface area (Å²) in [5.41, 5.74) is 6.47. The van der Waals surface area contributed by atoms with E-state index in [2.05, 4.69) is 10.1 Å². The molecule has 0 spiro atoms. The molecule has 3 unspecified atom stereocenters. The molecule has 5 atom stereocenters. The van der Waals surface area contributed by atoms with Gasteiger partial charge in [-0.3, -0.25) is 9.59 Å². The van der Waals surface area contributed by atoms with E-state index in [9.17, 15) is 24.3 Å². The summed E-state index contributed by atoms with van der Waals surface area (Å²) in [6.07, 6.45) is -2.17. The monoisotopic (exact) mass is 481 g/mol. The molecule has 2 aliphatic rings. The molecule has 1 aromatic carbocycles. The third kappa shape index (κ3) is 5.01. The van der Waals surface area contributed by atoms with Crippen molar-refractivity contribution < 1.29 is 38.5 Å². The normalized spacial score (nSPS) is 24.7. The quantitative estimate of drug-likeness (QED) is 0.291. The Hall–Kier alpha value is -2.99. The number of phenols is 1. The molecule has 2 amide bonds. The number of nitrogens with one attached hydrogen (secondary N) is 1. The van der Waals surface area contributed by atoms with Crippen molar-refractivity contribution in [1.29, 1.82) is 0 Å². The van der Waals surface area contributed by atoms with Crippen molar-refractivity contribution >= 4 is 35.7 Å². The van der Waals surface area contributed by atoms with Crippen LogP contribution in [0.15, 0.2) is 24.3 Å². The Morgan fingerprint density at radius 2 is 1.88 bits per heavy atom. The zero-order valence-electron chi connectivity index (χ0n) is 18.6. The van der Waals surface area contributed by atoms with Crippen LogP contribution in [0.3, 0.4) is 0 Å². The molecule has 11 nitrogen and oxygen atoms in total. The van der Waals surface area contributed by atoms with Gasteiger partial charge in [0.1, 0.15) is 29.2 Å². The van der Waals surface area contributed by atoms with Crippen molar-refractivity contribution in [2.45, 2.75) is 62.2 Å². The minimum atomic E-state index is -1.20. The van der Waals surface area contributed by atoms with Gasteiger partial charge in [-0.2, -0.15) is 0 Å². The second-order valence-corrected chi connectivity index (χ2v) is 9.89. The molecular weight excluding hydrogens is 454 g/mol. The van der Waals surface area contributed by atoms with Gasteiger partial charge in [0.2, 0.25) is 18.1 Å². The lowest BCUT2D eigenvalue weighted by Crippen LogP contribution is -2.71. The number of nitrogens with zero attached hydrogens (tertiary/aromatic N) is 1. The van der Waals surface area contributed by atoms with Gasteiger partial charge in [-0.25, -0.2) is 9.59 Å². The lowest BCUT2D eigenvalue weighted by molar-refractivity contribution is -0.180. The third-order valence-electron chi connectivity index (χ3n) is 5.30. The molecule has 2 aliphatic heterocycles. The van der Waals surface area contributed by atoms with Gasteiger partial charge < -0.3 is 35.3 Å². The van der Waals surface area contributed by atoms with E-state index in [0.29, 0.717) is 5.56 Å². The molecule has 3 rings (SSSR count). The highest BCUT2D eigenvalue weighted by atomic mass is 32.2. The Balaban J connectivity index is 1.63. The van der Waals surface area contributed by atoms with Crippen molar-refractivity contribution in [1.82, 2.24) is 10.2 Å². The first kappa shape index (κ1) is 24.6. The average molecular weight is 482 g/mol. The van der Waals surface area contributed by atoms with E-state index in [-0.39, 0.29) is 12.4 Å². The van der Waals surface area contributed by atoms with Gasteiger partial charge >= 0.3 is 12.1 Å². The fourth-order valence-corrected chi connectivity index (χ4v) is 5.36. The molecule has 2 heterocycles. The van der Waals surface area contributed by atoms with Gasteiger partial charge in [-0.1, -0.05) is 12.1 Å². The van der Waals surface area contributed by atoms with Crippen LogP contribution in [0.4, 0.5) is 4.79 Å². The number of carbonyl (C=O) groups is 4. The summed E-state index contributed by atoms with van der Waals surface area (Å²) < 4.78 is 14.0.